The summed E-state index contributed by atoms with van der Waals surface area (Å²) in [7, 11) is 0. The van der Waals surface area contributed by atoms with E-state index in [1.807, 2.05) is 19.9 Å². The molecule has 1 aliphatic rings. The smallest absolute Gasteiger partial charge is 0.192 e. The van der Waals surface area contributed by atoms with E-state index in [2.05, 4.69) is 4.90 Å². The van der Waals surface area contributed by atoms with Crippen LogP contribution in [0.1, 0.15) is 36.4 Å². The van der Waals surface area contributed by atoms with Gasteiger partial charge in [-0.1, -0.05) is 11.6 Å². The molecule has 1 aromatic rings. The summed E-state index contributed by atoms with van der Waals surface area (Å²) >= 11 is 7.24. The van der Waals surface area contributed by atoms with Gasteiger partial charge in [-0.15, -0.1) is 11.3 Å². The molecular weight excluding hydrogens is 242 g/mol. The highest BCUT2D eigenvalue weighted by molar-refractivity contribution is 7.18. The van der Waals surface area contributed by atoms with Crippen LogP contribution in [0.3, 0.4) is 0 Å². The first-order valence-electron chi connectivity index (χ1n) is 5.57. The van der Waals surface area contributed by atoms with E-state index in [1.165, 1.54) is 24.2 Å². The van der Waals surface area contributed by atoms with Crippen LogP contribution in [0.5, 0.6) is 0 Å². The maximum atomic E-state index is 12.4. The van der Waals surface area contributed by atoms with Crippen molar-refractivity contribution in [2.24, 2.45) is 0 Å². The maximum absolute atomic E-state index is 12.4. The first kappa shape index (κ1) is 12.1. The van der Waals surface area contributed by atoms with Crippen LogP contribution in [-0.4, -0.2) is 29.3 Å². The zero-order valence-corrected chi connectivity index (χ0v) is 11.2. The molecule has 4 heteroatoms. The number of thiophene rings is 1. The molecule has 0 N–H and O–H groups in total. The number of carbonyl (C=O) groups excluding carboxylic acids is 1. The fourth-order valence-electron chi connectivity index (χ4n) is 2.16. The zero-order valence-electron chi connectivity index (χ0n) is 9.62. The van der Waals surface area contributed by atoms with Crippen molar-refractivity contribution in [3.8, 4) is 0 Å². The molecule has 0 unspecified atom stereocenters. The summed E-state index contributed by atoms with van der Waals surface area (Å²) < 4.78 is 0.681. The van der Waals surface area contributed by atoms with Gasteiger partial charge in [-0.05, 0) is 51.9 Å². The first-order chi connectivity index (χ1) is 7.51. The fraction of sp³-hybridized carbons (Fsp3) is 0.583. The summed E-state index contributed by atoms with van der Waals surface area (Å²) in [6.45, 7) is 6.07. The third-order valence-electron chi connectivity index (χ3n) is 3.25. The molecule has 2 nitrogen and oxygen atoms in total. The van der Waals surface area contributed by atoms with Gasteiger partial charge in [0.2, 0.25) is 0 Å². The highest BCUT2D eigenvalue weighted by Crippen LogP contribution is 2.29. The van der Waals surface area contributed by atoms with Crippen molar-refractivity contribution in [3.63, 3.8) is 0 Å². The lowest BCUT2D eigenvalue weighted by Crippen LogP contribution is -2.48. The molecule has 1 fully saturated rings. The average Bonchev–Trinajstić information content (AvgIpc) is 2.86. The summed E-state index contributed by atoms with van der Waals surface area (Å²) in [4.78, 5) is 15.4. The van der Waals surface area contributed by atoms with Crippen molar-refractivity contribution < 1.29 is 4.79 Å². The number of likely N-dealkylation sites (tertiary alicyclic amines) is 1. The minimum atomic E-state index is -0.398. The highest BCUT2D eigenvalue weighted by atomic mass is 35.5. The molecule has 2 heterocycles. The standard InChI is InChI=1S/C12H16ClNOS/c1-12(2,14-7-3-4-8-14)11(15)9-5-6-10(13)16-9/h5-6H,3-4,7-8H2,1-2H3. The summed E-state index contributed by atoms with van der Waals surface area (Å²) in [5, 5.41) is 0. The van der Waals surface area contributed by atoms with Crippen LogP contribution in [-0.2, 0) is 0 Å². The highest BCUT2D eigenvalue weighted by Gasteiger charge is 2.36. The van der Waals surface area contributed by atoms with E-state index in [-0.39, 0.29) is 5.78 Å². The molecule has 1 aromatic heterocycles. The average molecular weight is 258 g/mol. The number of ketones is 1. The molecule has 0 aromatic carbocycles. The molecule has 0 bridgehead atoms. The van der Waals surface area contributed by atoms with Crippen molar-refractivity contribution in [1.29, 1.82) is 0 Å². The molecule has 0 aliphatic carbocycles. The van der Waals surface area contributed by atoms with Gasteiger partial charge in [0.1, 0.15) is 0 Å². The summed E-state index contributed by atoms with van der Waals surface area (Å²) in [5.41, 5.74) is -0.398. The predicted molar refractivity (Wildman–Crippen MR) is 68.5 cm³/mol. The maximum Gasteiger partial charge on any atom is 0.192 e. The van der Waals surface area contributed by atoms with Crippen LogP contribution in [0.2, 0.25) is 4.34 Å². The van der Waals surface area contributed by atoms with Crippen LogP contribution < -0.4 is 0 Å². The van der Waals surface area contributed by atoms with Crippen LogP contribution in [0.25, 0.3) is 0 Å². The number of Topliss-reactive ketones (excluding diaryl/α,β-unsaturated/α-hetero) is 1. The van der Waals surface area contributed by atoms with Crippen molar-refractivity contribution in [3.05, 3.63) is 21.3 Å². The summed E-state index contributed by atoms with van der Waals surface area (Å²) in [6, 6.07) is 3.62. The molecule has 0 saturated carbocycles. The lowest BCUT2D eigenvalue weighted by Gasteiger charge is -2.33. The second kappa shape index (κ2) is 4.47. The zero-order chi connectivity index (χ0) is 11.8. The van der Waals surface area contributed by atoms with Crippen LogP contribution in [0, 0.1) is 0 Å². The van der Waals surface area contributed by atoms with E-state index in [0.717, 1.165) is 18.0 Å². The number of halogens is 1. The normalized spacial score (nSPS) is 17.9. The summed E-state index contributed by atoms with van der Waals surface area (Å²) in [6.07, 6.45) is 2.39. The van der Waals surface area contributed by atoms with E-state index in [4.69, 9.17) is 11.6 Å². The van der Waals surface area contributed by atoms with Gasteiger partial charge in [-0.2, -0.15) is 0 Å². The minimum absolute atomic E-state index is 0.186. The Bertz CT molecular complexity index is 393. The van der Waals surface area contributed by atoms with Gasteiger partial charge < -0.3 is 0 Å². The number of rotatable bonds is 3. The van der Waals surface area contributed by atoms with Crippen molar-refractivity contribution in [2.75, 3.05) is 13.1 Å². The Morgan fingerprint density at radius 1 is 1.38 bits per heavy atom. The Hall–Kier alpha value is -0.380. The van der Waals surface area contributed by atoms with Crippen LogP contribution >= 0.6 is 22.9 Å². The largest absolute Gasteiger partial charge is 0.291 e. The molecule has 0 atom stereocenters. The second-order valence-corrected chi connectivity index (χ2v) is 6.40. The molecule has 1 saturated heterocycles. The Kier molecular flexibility index (Phi) is 3.38. The Morgan fingerprint density at radius 3 is 2.50 bits per heavy atom. The Labute approximate surface area is 105 Å². The topological polar surface area (TPSA) is 20.3 Å². The van der Waals surface area contributed by atoms with Gasteiger partial charge in [-0.3, -0.25) is 9.69 Å². The van der Waals surface area contributed by atoms with Crippen molar-refractivity contribution in [1.82, 2.24) is 4.90 Å². The van der Waals surface area contributed by atoms with Gasteiger partial charge in [0.25, 0.3) is 0 Å². The number of nitrogens with zero attached hydrogens (tertiary/aromatic N) is 1. The van der Waals surface area contributed by atoms with E-state index >= 15 is 0 Å². The van der Waals surface area contributed by atoms with E-state index < -0.39 is 5.54 Å². The van der Waals surface area contributed by atoms with Gasteiger partial charge in [0, 0.05) is 0 Å². The number of hydrogen-bond acceptors (Lipinski definition) is 3. The van der Waals surface area contributed by atoms with Crippen molar-refractivity contribution >= 4 is 28.7 Å². The SMILES string of the molecule is CC(C)(C(=O)c1ccc(Cl)s1)N1CCCC1. The van der Waals surface area contributed by atoms with Crippen LogP contribution in [0.4, 0.5) is 0 Å². The van der Waals surface area contributed by atoms with Gasteiger partial charge in [0.15, 0.2) is 5.78 Å². The second-order valence-electron chi connectivity index (χ2n) is 4.69. The number of carbonyl (C=O) groups is 1. The molecular formula is C12H16ClNOS. The predicted octanol–water partition coefficient (Wildman–Crippen LogP) is 3.46. The molecule has 16 heavy (non-hydrogen) atoms. The van der Waals surface area contributed by atoms with Crippen LogP contribution in [0.15, 0.2) is 12.1 Å². The minimum Gasteiger partial charge on any atom is -0.291 e. The molecule has 0 spiro atoms. The third-order valence-corrected chi connectivity index (χ3v) is 4.48. The lowest BCUT2D eigenvalue weighted by atomic mass is 9.96. The Morgan fingerprint density at radius 2 is 2.00 bits per heavy atom. The quantitative estimate of drug-likeness (QED) is 0.773. The molecule has 0 radical (unpaired) electrons. The van der Waals surface area contributed by atoms with Gasteiger partial charge in [0.05, 0.1) is 14.8 Å². The number of hydrogen-bond donors (Lipinski definition) is 0. The van der Waals surface area contributed by atoms with E-state index in [9.17, 15) is 4.79 Å². The molecule has 1 aliphatic heterocycles. The monoisotopic (exact) mass is 257 g/mol. The Balaban J connectivity index is 2.19. The molecule has 2 rings (SSSR count). The fourth-order valence-corrected chi connectivity index (χ4v) is 3.29. The van der Waals surface area contributed by atoms with E-state index in [1.54, 1.807) is 6.07 Å². The van der Waals surface area contributed by atoms with E-state index in [0.29, 0.717) is 4.34 Å². The molecule has 0 amide bonds. The third kappa shape index (κ3) is 2.17. The molecule has 88 valence electrons. The first-order valence-corrected chi connectivity index (χ1v) is 6.76. The summed E-state index contributed by atoms with van der Waals surface area (Å²) in [5.74, 6) is 0.186. The van der Waals surface area contributed by atoms with Crippen molar-refractivity contribution in [2.45, 2.75) is 32.2 Å². The van der Waals surface area contributed by atoms with Gasteiger partial charge >= 0.3 is 0 Å². The lowest BCUT2D eigenvalue weighted by molar-refractivity contribution is 0.0707. The van der Waals surface area contributed by atoms with Gasteiger partial charge in [-0.25, -0.2) is 0 Å².